The summed E-state index contributed by atoms with van der Waals surface area (Å²) in [6.07, 6.45) is 1.67. The molecule has 2 heterocycles. The predicted molar refractivity (Wildman–Crippen MR) is 84.3 cm³/mol. The average Bonchev–Trinajstić information content (AvgIpc) is 2.34. The third kappa shape index (κ3) is 4.30. The van der Waals surface area contributed by atoms with Crippen molar-refractivity contribution in [2.75, 3.05) is 12.3 Å². The molecule has 1 aliphatic heterocycles. The number of nitrogen functional groups attached to an aromatic ring is 1. The van der Waals surface area contributed by atoms with Crippen LogP contribution in [0.3, 0.4) is 0 Å². The molecule has 0 aromatic carbocycles. The van der Waals surface area contributed by atoms with Crippen LogP contribution >= 0.6 is 0 Å². The van der Waals surface area contributed by atoms with Crippen LogP contribution in [0.25, 0.3) is 0 Å². The molecule has 2 rings (SSSR count). The summed E-state index contributed by atoms with van der Waals surface area (Å²) >= 11 is 0. The maximum Gasteiger partial charge on any atom is 0.410 e. The van der Waals surface area contributed by atoms with Gasteiger partial charge in [-0.25, -0.2) is 14.8 Å². The highest BCUT2D eigenvalue weighted by molar-refractivity contribution is 5.87. The Kier molecular flexibility index (Phi) is 4.72. The van der Waals surface area contributed by atoms with Gasteiger partial charge in [-0.1, -0.05) is 0 Å². The van der Waals surface area contributed by atoms with E-state index in [9.17, 15) is 9.59 Å². The number of nitrogens with two attached hydrogens (primary N) is 1. The van der Waals surface area contributed by atoms with Crippen LogP contribution in [0.5, 0.6) is 0 Å². The molecule has 2 atom stereocenters. The molecule has 8 heteroatoms. The number of hydrogen-bond donors (Lipinski definition) is 2. The Hall–Kier alpha value is -2.38. The fourth-order valence-electron chi connectivity index (χ4n) is 2.17. The van der Waals surface area contributed by atoms with E-state index < -0.39 is 23.8 Å². The Morgan fingerprint density at radius 1 is 1.48 bits per heavy atom. The maximum atomic E-state index is 12.3. The number of nitrogens with one attached hydrogen (secondary N) is 1. The van der Waals surface area contributed by atoms with Crippen LogP contribution in [0, 0.1) is 0 Å². The minimum Gasteiger partial charge on any atom is -0.444 e. The number of rotatable bonds is 3. The third-order valence-electron chi connectivity index (χ3n) is 3.39. The number of amides is 2. The summed E-state index contributed by atoms with van der Waals surface area (Å²) in [5.74, 6) is 0.525. The normalized spacial score (nSPS) is 18.8. The molecule has 0 spiro atoms. The molecule has 1 aromatic heterocycles. The molecule has 1 aliphatic rings. The lowest BCUT2D eigenvalue weighted by molar-refractivity contribution is -0.131. The van der Waals surface area contributed by atoms with Crippen molar-refractivity contribution in [3.05, 3.63) is 18.1 Å². The van der Waals surface area contributed by atoms with Crippen LogP contribution in [0.15, 0.2) is 12.3 Å². The summed E-state index contributed by atoms with van der Waals surface area (Å²) in [5, 5.41) is 2.80. The fraction of sp³-hybridized carbons (Fsp3) is 0.600. The van der Waals surface area contributed by atoms with Gasteiger partial charge in [-0.2, -0.15) is 0 Å². The lowest BCUT2D eigenvalue weighted by atomic mass is 10.0. The Balaban J connectivity index is 1.94. The van der Waals surface area contributed by atoms with Gasteiger partial charge in [0.05, 0.1) is 6.04 Å². The van der Waals surface area contributed by atoms with Crippen molar-refractivity contribution in [3.8, 4) is 0 Å². The van der Waals surface area contributed by atoms with Crippen molar-refractivity contribution in [2.45, 2.75) is 51.8 Å². The Bertz CT molecular complexity index is 599. The zero-order valence-electron chi connectivity index (χ0n) is 13.9. The molecule has 0 bridgehead atoms. The van der Waals surface area contributed by atoms with Crippen LogP contribution < -0.4 is 11.1 Å². The number of ether oxygens (including phenoxy) is 1. The molecule has 1 aromatic rings. The number of anilines is 1. The summed E-state index contributed by atoms with van der Waals surface area (Å²) in [6.45, 7) is 7.65. The number of carbonyl (C=O) groups excluding carboxylic acids is 2. The highest BCUT2D eigenvalue weighted by Crippen LogP contribution is 2.22. The predicted octanol–water partition coefficient (Wildman–Crippen LogP) is 1.25. The molecule has 2 amide bonds. The van der Waals surface area contributed by atoms with Gasteiger partial charge in [0.2, 0.25) is 5.91 Å². The first-order valence-electron chi connectivity index (χ1n) is 7.56. The van der Waals surface area contributed by atoms with Crippen molar-refractivity contribution in [1.82, 2.24) is 20.2 Å². The molecular weight excluding hydrogens is 298 g/mol. The van der Waals surface area contributed by atoms with E-state index in [1.165, 1.54) is 11.1 Å². The number of aromatic nitrogens is 2. The Labute approximate surface area is 135 Å². The van der Waals surface area contributed by atoms with E-state index >= 15 is 0 Å². The average molecular weight is 321 g/mol. The fourth-order valence-corrected chi connectivity index (χ4v) is 2.17. The van der Waals surface area contributed by atoms with E-state index in [0.29, 0.717) is 24.6 Å². The first-order chi connectivity index (χ1) is 10.7. The van der Waals surface area contributed by atoms with E-state index in [1.807, 2.05) is 0 Å². The molecule has 8 nitrogen and oxygen atoms in total. The van der Waals surface area contributed by atoms with Gasteiger partial charge in [0, 0.05) is 12.7 Å². The summed E-state index contributed by atoms with van der Waals surface area (Å²) in [6, 6.07) is 0.661. The van der Waals surface area contributed by atoms with Gasteiger partial charge in [0.15, 0.2) is 5.82 Å². The number of likely N-dealkylation sites (tertiary alicyclic amines) is 1. The van der Waals surface area contributed by atoms with E-state index in [0.717, 1.165) is 0 Å². The zero-order chi connectivity index (χ0) is 17.2. The van der Waals surface area contributed by atoms with Gasteiger partial charge < -0.3 is 15.8 Å². The molecule has 1 unspecified atom stereocenters. The summed E-state index contributed by atoms with van der Waals surface area (Å²) < 4.78 is 5.29. The van der Waals surface area contributed by atoms with Crippen LogP contribution in [0.4, 0.5) is 10.6 Å². The van der Waals surface area contributed by atoms with Gasteiger partial charge in [-0.3, -0.25) is 9.69 Å². The largest absolute Gasteiger partial charge is 0.444 e. The van der Waals surface area contributed by atoms with Crippen LogP contribution in [-0.2, 0) is 9.53 Å². The molecule has 0 radical (unpaired) electrons. The second kappa shape index (κ2) is 6.39. The molecule has 1 saturated heterocycles. The van der Waals surface area contributed by atoms with Gasteiger partial charge >= 0.3 is 6.09 Å². The van der Waals surface area contributed by atoms with Gasteiger partial charge in [-0.15, -0.1) is 0 Å². The van der Waals surface area contributed by atoms with Gasteiger partial charge in [0.25, 0.3) is 0 Å². The number of carbonyl (C=O) groups is 2. The monoisotopic (exact) mass is 321 g/mol. The molecular formula is C15H23N5O3. The zero-order valence-corrected chi connectivity index (χ0v) is 13.9. The van der Waals surface area contributed by atoms with Crippen molar-refractivity contribution in [2.24, 2.45) is 0 Å². The molecule has 1 fully saturated rings. The molecule has 0 aliphatic carbocycles. The first kappa shape index (κ1) is 17.0. The summed E-state index contributed by atoms with van der Waals surface area (Å²) in [7, 11) is 0. The molecule has 126 valence electrons. The van der Waals surface area contributed by atoms with Crippen LogP contribution in [0.2, 0.25) is 0 Å². The Morgan fingerprint density at radius 2 is 2.17 bits per heavy atom. The molecule has 3 N–H and O–H groups in total. The number of hydrogen-bond acceptors (Lipinski definition) is 6. The quantitative estimate of drug-likeness (QED) is 0.866. The van der Waals surface area contributed by atoms with Crippen molar-refractivity contribution in [3.63, 3.8) is 0 Å². The first-order valence-corrected chi connectivity index (χ1v) is 7.56. The van der Waals surface area contributed by atoms with Crippen LogP contribution in [0.1, 0.15) is 46.0 Å². The second-order valence-electron chi connectivity index (χ2n) is 6.55. The van der Waals surface area contributed by atoms with Crippen molar-refractivity contribution >= 4 is 17.8 Å². The SMILES string of the molecule is CC(NC(=O)[C@H]1CCN1C(=O)OC(C)(C)C)c1nccc(N)n1. The van der Waals surface area contributed by atoms with Crippen molar-refractivity contribution < 1.29 is 14.3 Å². The van der Waals surface area contributed by atoms with Gasteiger partial charge in [0.1, 0.15) is 17.5 Å². The van der Waals surface area contributed by atoms with Crippen molar-refractivity contribution in [1.29, 1.82) is 0 Å². The highest BCUT2D eigenvalue weighted by atomic mass is 16.6. The van der Waals surface area contributed by atoms with E-state index in [1.54, 1.807) is 33.8 Å². The topological polar surface area (TPSA) is 110 Å². The smallest absolute Gasteiger partial charge is 0.410 e. The summed E-state index contributed by atoms with van der Waals surface area (Å²) in [4.78, 5) is 34.0. The summed E-state index contributed by atoms with van der Waals surface area (Å²) in [5.41, 5.74) is 5.02. The lowest BCUT2D eigenvalue weighted by Crippen LogP contribution is -2.59. The molecule has 23 heavy (non-hydrogen) atoms. The van der Waals surface area contributed by atoms with E-state index in [4.69, 9.17) is 10.5 Å². The third-order valence-corrected chi connectivity index (χ3v) is 3.39. The van der Waals surface area contributed by atoms with Gasteiger partial charge in [-0.05, 0) is 40.2 Å². The van der Waals surface area contributed by atoms with E-state index in [-0.39, 0.29) is 5.91 Å². The van der Waals surface area contributed by atoms with Crippen LogP contribution in [-0.4, -0.2) is 45.1 Å². The second-order valence-corrected chi connectivity index (χ2v) is 6.55. The minimum atomic E-state index is -0.587. The lowest BCUT2D eigenvalue weighted by Gasteiger charge is -2.40. The number of nitrogens with zero attached hydrogens (tertiary/aromatic N) is 3. The highest BCUT2D eigenvalue weighted by Gasteiger charge is 2.40. The Morgan fingerprint density at radius 3 is 2.70 bits per heavy atom. The maximum absolute atomic E-state index is 12.3. The standard InChI is InChI=1S/C15H23N5O3/c1-9(12-17-7-5-11(16)19-12)18-13(21)10-6-8-20(10)14(22)23-15(2,3)4/h5,7,9-10H,6,8H2,1-4H3,(H,18,21)(H2,16,17,19)/t9?,10-/m1/s1. The van der Waals surface area contributed by atoms with E-state index in [2.05, 4.69) is 15.3 Å². The molecule has 0 saturated carbocycles. The minimum absolute atomic E-state index is 0.249.